The van der Waals surface area contributed by atoms with Crippen molar-refractivity contribution < 1.29 is 0 Å². The molecule has 1 heterocycles. The van der Waals surface area contributed by atoms with Crippen LogP contribution in [-0.4, -0.2) is 15.8 Å². The van der Waals surface area contributed by atoms with E-state index in [4.69, 9.17) is 16.9 Å². The van der Waals surface area contributed by atoms with Gasteiger partial charge in [-0.25, -0.2) is 0 Å². The minimum atomic E-state index is -0.477. The Balaban J connectivity index is 0.00000300. The fourth-order valence-corrected chi connectivity index (χ4v) is 2.22. The molecule has 0 fully saturated rings. The number of rotatable bonds is 5. The van der Waals surface area contributed by atoms with Gasteiger partial charge >= 0.3 is 5.56 Å². The molecule has 0 saturated carbocycles. The van der Waals surface area contributed by atoms with Crippen LogP contribution in [0.5, 0.6) is 0 Å². The van der Waals surface area contributed by atoms with Crippen LogP contribution in [0.2, 0.25) is 0 Å². The standard InChI is InChI=1S/C17H18N10O.ClH/c1-10-15(24-22-13-8-6-12(7-9-13)21-17(19)20)16(28)27(25-10)26-23-14-4-2-11(18)3-5-14;/h2-9,25H,18H2,1H3,(H4,19,20,21);1H/b24-22+,26-23+;. The molecule has 7 N–H and O–H groups in total. The number of hydrogen-bond donors (Lipinski definition) is 5. The van der Waals surface area contributed by atoms with E-state index in [1.165, 1.54) is 0 Å². The fourth-order valence-electron chi connectivity index (χ4n) is 2.22. The van der Waals surface area contributed by atoms with Crippen LogP contribution in [0.25, 0.3) is 0 Å². The van der Waals surface area contributed by atoms with Crippen molar-refractivity contribution in [2.75, 3.05) is 11.1 Å². The first kappa shape index (κ1) is 21.3. The Hall–Kier alpha value is -3.99. The molecule has 0 aliphatic carbocycles. The lowest BCUT2D eigenvalue weighted by atomic mass is 10.3. The largest absolute Gasteiger partial charge is 0.399 e. The van der Waals surface area contributed by atoms with Crippen LogP contribution in [0, 0.1) is 12.3 Å². The van der Waals surface area contributed by atoms with Gasteiger partial charge in [0, 0.05) is 11.4 Å². The summed E-state index contributed by atoms with van der Waals surface area (Å²) in [4.78, 5) is 13.4. The van der Waals surface area contributed by atoms with Crippen molar-refractivity contribution in [2.24, 2.45) is 26.3 Å². The van der Waals surface area contributed by atoms with Crippen LogP contribution in [0.3, 0.4) is 0 Å². The summed E-state index contributed by atoms with van der Waals surface area (Å²) in [5, 5.41) is 28.5. The molecule has 3 aromatic rings. The molecule has 11 nitrogen and oxygen atoms in total. The molecule has 0 unspecified atom stereocenters. The summed E-state index contributed by atoms with van der Waals surface area (Å²) in [5.41, 5.74) is 13.4. The minimum Gasteiger partial charge on any atom is -0.399 e. The minimum absolute atomic E-state index is 0. The quantitative estimate of drug-likeness (QED) is 0.185. The summed E-state index contributed by atoms with van der Waals surface area (Å²) >= 11 is 0. The maximum absolute atomic E-state index is 12.4. The highest BCUT2D eigenvalue weighted by Gasteiger charge is 2.10. The number of guanidine groups is 1. The normalized spacial score (nSPS) is 10.9. The molecule has 3 rings (SSSR count). The number of aromatic amines is 1. The number of azo groups is 1. The number of aryl methyl sites for hydroxylation is 1. The first-order chi connectivity index (χ1) is 13.4. The zero-order valence-corrected chi connectivity index (χ0v) is 16.1. The Morgan fingerprint density at radius 3 is 2.24 bits per heavy atom. The second-order valence-electron chi connectivity index (χ2n) is 5.77. The van der Waals surface area contributed by atoms with Crippen molar-refractivity contribution in [3.8, 4) is 0 Å². The average Bonchev–Trinajstić information content (AvgIpc) is 2.93. The van der Waals surface area contributed by atoms with Crippen LogP contribution in [-0.2, 0) is 0 Å². The van der Waals surface area contributed by atoms with Crippen LogP contribution < -0.4 is 22.3 Å². The zero-order chi connectivity index (χ0) is 20.1. The monoisotopic (exact) mass is 414 g/mol. The highest BCUT2D eigenvalue weighted by molar-refractivity contribution is 5.89. The summed E-state index contributed by atoms with van der Waals surface area (Å²) in [6.07, 6.45) is 0. The predicted octanol–water partition coefficient (Wildman–Crippen LogP) is 3.76. The second kappa shape index (κ2) is 9.28. The first-order valence-electron chi connectivity index (χ1n) is 8.14. The number of nitrogen functional groups attached to an aromatic ring is 1. The van der Waals surface area contributed by atoms with E-state index in [0.29, 0.717) is 28.4 Å². The molecule has 12 heteroatoms. The Bertz CT molecular complexity index is 1100. The van der Waals surface area contributed by atoms with Crippen molar-refractivity contribution in [1.82, 2.24) is 9.89 Å². The van der Waals surface area contributed by atoms with Crippen LogP contribution in [0.1, 0.15) is 5.69 Å². The molecular weight excluding hydrogens is 396 g/mol. The highest BCUT2D eigenvalue weighted by Crippen LogP contribution is 2.20. The Kier molecular flexibility index (Phi) is 6.82. The van der Waals surface area contributed by atoms with Crippen LogP contribution >= 0.6 is 12.4 Å². The van der Waals surface area contributed by atoms with Crippen molar-refractivity contribution in [3.63, 3.8) is 0 Å². The van der Waals surface area contributed by atoms with Gasteiger partial charge in [0.2, 0.25) is 0 Å². The van der Waals surface area contributed by atoms with Gasteiger partial charge in [-0.3, -0.25) is 15.3 Å². The summed E-state index contributed by atoms with van der Waals surface area (Å²) in [5.74, 6) is -0.161. The molecule has 0 spiro atoms. The van der Waals surface area contributed by atoms with Crippen LogP contribution in [0.4, 0.5) is 28.4 Å². The predicted molar refractivity (Wildman–Crippen MR) is 114 cm³/mol. The maximum Gasteiger partial charge on any atom is 0.317 e. The molecule has 0 bridgehead atoms. The Morgan fingerprint density at radius 1 is 1.03 bits per heavy atom. The van der Waals surface area contributed by atoms with E-state index in [2.05, 4.69) is 31.0 Å². The van der Waals surface area contributed by atoms with Gasteiger partial charge in [-0.05, 0) is 60.7 Å². The van der Waals surface area contributed by atoms with Crippen molar-refractivity contribution in [2.45, 2.75) is 6.92 Å². The lowest BCUT2D eigenvalue weighted by molar-refractivity contribution is 0.663. The molecule has 2 aromatic carbocycles. The maximum atomic E-state index is 12.4. The Morgan fingerprint density at radius 2 is 1.62 bits per heavy atom. The van der Waals surface area contributed by atoms with Crippen molar-refractivity contribution in [3.05, 3.63) is 64.6 Å². The summed E-state index contributed by atoms with van der Waals surface area (Å²) in [6.45, 7) is 1.69. The van der Waals surface area contributed by atoms with Crippen LogP contribution in [0.15, 0.2) is 73.9 Å². The zero-order valence-electron chi connectivity index (χ0n) is 15.3. The Labute approximate surface area is 171 Å². The van der Waals surface area contributed by atoms with Gasteiger partial charge in [-0.2, -0.15) is 5.11 Å². The third-order valence-electron chi connectivity index (χ3n) is 3.58. The number of anilines is 2. The number of halogens is 1. The van der Waals surface area contributed by atoms with Crippen molar-refractivity contribution >= 4 is 46.8 Å². The van der Waals surface area contributed by atoms with Crippen molar-refractivity contribution in [1.29, 1.82) is 5.41 Å². The molecule has 0 atom stereocenters. The van der Waals surface area contributed by atoms with E-state index in [1.54, 1.807) is 55.5 Å². The van der Waals surface area contributed by atoms with Gasteiger partial charge in [0.15, 0.2) is 11.6 Å². The first-order valence-corrected chi connectivity index (χ1v) is 8.14. The van der Waals surface area contributed by atoms with Gasteiger partial charge < -0.3 is 16.8 Å². The van der Waals surface area contributed by atoms with Gasteiger partial charge in [-0.1, -0.05) is 0 Å². The number of nitrogens with zero attached hydrogens (tertiary/aromatic N) is 5. The summed E-state index contributed by atoms with van der Waals surface area (Å²) < 4.78 is 0. The summed E-state index contributed by atoms with van der Waals surface area (Å²) in [6, 6.07) is 13.5. The van der Waals surface area contributed by atoms with Gasteiger partial charge in [0.1, 0.15) is 0 Å². The topological polar surface area (TPSA) is 175 Å². The molecule has 0 aliphatic rings. The fraction of sp³-hybridized carbons (Fsp3) is 0.0588. The molecule has 150 valence electrons. The van der Waals surface area contributed by atoms with E-state index >= 15 is 0 Å². The molecule has 0 saturated heterocycles. The number of H-pyrrole nitrogens is 1. The third-order valence-corrected chi connectivity index (χ3v) is 3.58. The van der Waals surface area contributed by atoms with E-state index in [0.717, 1.165) is 4.79 Å². The summed E-state index contributed by atoms with van der Waals surface area (Å²) in [7, 11) is 0. The third kappa shape index (κ3) is 5.49. The van der Waals surface area contributed by atoms with Gasteiger partial charge in [-0.15, -0.1) is 27.4 Å². The number of aromatic nitrogens is 2. The SMILES string of the molecule is Cc1[nH]n(/N=N/c2ccc(N)cc2)c(=O)c1/N=N/c1ccc(NC(=N)N)cc1.Cl. The molecule has 1 aromatic heterocycles. The highest BCUT2D eigenvalue weighted by atomic mass is 35.5. The van der Waals surface area contributed by atoms with E-state index in [1.807, 2.05) is 0 Å². The number of benzene rings is 2. The number of nitrogens with two attached hydrogens (primary N) is 2. The lowest BCUT2D eigenvalue weighted by Gasteiger charge is -2.02. The smallest absolute Gasteiger partial charge is 0.317 e. The molecule has 0 amide bonds. The molecule has 29 heavy (non-hydrogen) atoms. The lowest BCUT2D eigenvalue weighted by Crippen LogP contribution is -2.20. The molecular formula is C17H19ClN10O. The van der Waals surface area contributed by atoms with E-state index in [9.17, 15) is 4.79 Å². The number of hydrogen-bond acceptors (Lipinski definition) is 7. The van der Waals surface area contributed by atoms with E-state index < -0.39 is 5.56 Å². The van der Waals surface area contributed by atoms with Gasteiger partial charge in [0.05, 0.1) is 17.1 Å². The molecule has 0 aliphatic heterocycles. The second-order valence-corrected chi connectivity index (χ2v) is 5.77. The van der Waals surface area contributed by atoms with E-state index in [-0.39, 0.29) is 24.1 Å². The average molecular weight is 415 g/mol. The number of nitrogens with one attached hydrogen (secondary N) is 3. The van der Waals surface area contributed by atoms with Gasteiger partial charge in [0.25, 0.3) is 0 Å². The molecule has 0 radical (unpaired) electrons.